The zero-order valence-electron chi connectivity index (χ0n) is 21.9. The molecule has 4 aromatic rings. The number of imidazole rings is 1. The second-order valence-electron chi connectivity index (χ2n) is 9.41. The molecule has 1 unspecified atom stereocenters. The fourth-order valence-corrected chi connectivity index (χ4v) is 4.43. The van der Waals surface area contributed by atoms with Crippen molar-refractivity contribution < 1.29 is 39.4 Å². The Morgan fingerprint density at radius 1 is 0.857 bits per heavy atom. The Kier molecular flexibility index (Phi) is 8.48. The number of aliphatic hydroxyl groups is 3. The van der Waals surface area contributed by atoms with E-state index in [4.69, 9.17) is 14.2 Å². The fourth-order valence-electron chi connectivity index (χ4n) is 4.43. The minimum Gasteiger partial charge on any atom is -0.476 e. The molecular weight excluding hydrogens is 556 g/mol. The van der Waals surface area contributed by atoms with Crippen molar-refractivity contribution in [3.05, 3.63) is 86.2 Å². The Morgan fingerprint density at radius 2 is 1.43 bits per heavy atom. The first-order chi connectivity index (χ1) is 20.2. The van der Waals surface area contributed by atoms with Crippen molar-refractivity contribution in [2.75, 3.05) is 19.8 Å². The van der Waals surface area contributed by atoms with Gasteiger partial charge in [-0.1, -0.05) is 24.3 Å². The second-order valence-corrected chi connectivity index (χ2v) is 9.41. The number of fused-ring (bicyclic) bond motifs is 1. The summed E-state index contributed by atoms with van der Waals surface area (Å²) in [4.78, 5) is 33.9. The van der Waals surface area contributed by atoms with Crippen LogP contribution in [0.1, 0.15) is 17.4 Å². The monoisotopic (exact) mass is 582 g/mol. The number of aromatic nitrogens is 4. The van der Waals surface area contributed by atoms with Crippen molar-refractivity contribution in [3.8, 4) is 11.9 Å². The van der Waals surface area contributed by atoms with E-state index in [9.17, 15) is 35.5 Å². The topological polar surface area (TPSA) is 218 Å². The first-order valence-electron chi connectivity index (χ1n) is 12.8. The van der Waals surface area contributed by atoms with Gasteiger partial charge in [-0.3, -0.25) is 24.8 Å². The summed E-state index contributed by atoms with van der Waals surface area (Å²) in [5.74, 6) is 0.0674. The van der Waals surface area contributed by atoms with E-state index in [0.717, 1.165) is 11.1 Å². The third-order valence-corrected chi connectivity index (χ3v) is 6.71. The predicted octanol–water partition coefficient (Wildman–Crippen LogP) is 1.50. The summed E-state index contributed by atoms with van der Waals surface area (Å²) >= 11 is 0. The Bertz CT molecular complexity index is 1560. The van der Waals surface area contributed by atoms with Crippen molar-refractivity contribution in [3.63, 3.8) is 0 Å². The molecule has 0 aliphatic carbocycles. The number of aliphatic hydroxyl groups excluding tert-OH is 3. The molecule has 16 heteroatoms. The summed E-state index contributed by atoms with van der Waals surface area (Å²) < 4.78 is 18.7. The van der Waals surface area contributed by atoms with Gasteiger partial charge in [-0.05, 0) is 11.1 Å². The first-order valence-corrected chi connectivity index (χ1v) is 12.8. The lowest BCUT2D eigenvalue weighted by Gasteiger charge is -2.17. The summed E-state index contributed by atoms with van der Waals surface area (Å²) in [6, 6.07) is 12.0. The Hall–Kier alpha value is -4.77. The molecule has 3 N–H and O–H groups in total. The van der Waals surface area contributed by atoms with Crippen molar-refractivity contribution in [2.45, 2.75) is 37.4 Å². The van der Waals surface area contributed by atoms with E-state index in [2.05, 4.69) is 15.0 Å². The number of rotatable bonds is 12. The van der Waals surface area contributed by atoms with Crippen LogP contribution in [0.4, 0.5) is 11.4 Å². The van der Waals surface area contributed by atoms with Gasteiger partial charge in [-0.25, -0.2) is 4.98 Å². The van der Waals surface area contributed by atoms with Crippen molar-refractivity contribution in [1.82, 2.24) is 19.5 Å². The maximum atomic E-state index is 10.9. The lowest BCUT2D eigenvalue weighted by molar-refractivity contribution is -0.385. The lowest BCUT2D eigenvalue weighted by atomic mass is 10.1. The highest BCUT2D eigenvalue weighted by molar-refractivity contribution is 5.77. The van der Waals surface area contributed by atoms with Gasteiger partial charge in [0.25, 0.3) is 11.4 Å². The number of hydrogen-bond acceptors (Lipinski definition) is 13. The molecular formula is C26H26N6O10. The molecule has 0 radical (unpaired) electrons. The van der Waals surface area contributed by atoms with Crippen LogP contribution in [-0.4, -0.2) is 82.8 Å². The molecule has 2 aromatic carbocycles. The molecule has 16 nitrogen and oxygen atoms in total. The van der Waals surface area contributed by atoms with Gasteiger partial charge in [0.15, 0.2) is 17.4 Å². The number of nitro benzene ring substituents is 2. The molecule has 0 spiro atoms. The third kappa shape index (κ3) is 6.10. The molecule has 3 heterocycles. The third-order valence-electron chi connectivity index (χ3n) is 6.71. The highest BCUT2D eigenvalue weighted by Gasteiger charge is 2.44. The smallest absolute Gasteiger partial charge is 0.321 e. The number of nitro groups is 2. The van der Waals surface area contributed by atoms with E-state index in [1.54, 1.807) is 24.3 Å². The minimum absolute atomic E-state index is 0.0249. The molecule has 0 amide bonds. The SMILES string of the molecule is O=[N+]([O-])c1ccc(CCOc2nc(OCCc3ccc([N+](=O)[O-])cc3)c3ncn([C@@H]4O[C@H](CO)[C@H](O)C4O)c3n2)cc1. The molecule has 1 fully saturated rings. The van der Waals surface area contributed by atoms with Crippen LogP contribution in [0.3, 0.4) is 0 Å². The first kappa shape index (κ1) is 28.7. The van der Waals surface area contributed by atoms with Gasteiger partial charge in [0.05, 0.1) is 36.0 Å². The maximum absolute atomic E-state index is 10.9. The quantitative estimate of drug-likeness (QED) is 0.159. The van der Waals surface area contributed by atoms with Gasteiger partial charge in [0, 0.05) is 37.1 Å². The number of nitrogens with zero attached hydrogens (tertiary/aromatic N) is 6. The molecule has 0 saturated carbocycles. The second kappa shape index (κ2) is 12.4. The molecule has 220 valence electrons. The minimum atomic E-state index is -1.38. The largest absolute Gasteiger partial charge is 0.476 e. The van der Waals surface area contributed by atoms with Gasteiger partial charge in [0.2, 0.25) is 5.88 Å². The highest BCUT2D eigenvalue weighted by atomic mass is 16.6. The van der Waals surface area contributed by atoms with E-state index in [0.29, 0.717) is 12.8 Å². The lowest BCUT2D eigenvalue weighted by Crippen LogP contribution is -2.33. The average molecular weight is 583 g/mol. The molecule has 1 saturated heterocycles. The molecule has 1 aliphatic heterocycles. The van der Waals surface area contributed by atoms with E-state index >= 15 is 0 Å². The average Bonchev–Trinajstić information content (AvgIpc) is 3.53. The van der Waals surface area contributed by atoms with E-state index in [1.165, 1.54) is 35.2 Å². The van der Waals surface area contributed by atoms with E-state index in [1.807, 2.05) is 0 Å². The molecule has 1 aliphatic rings. The van der Waals surface area contributed by atoms with Gasteiger partial charge in [-0.2, -0.15) is 9.97 Å². The van der Waals surface area contributed by atoms with E-state index in [-0.39, 0.29) is 47.6 Å². The Labute approximate surface area is 237 Å². The fraction of sp³-hybridized carbons (Fsp3) is 0.346. The molecule has 4 atom stereocenters. The molecule has 0 bridgehead atoms. The summed E-state index contributed by atoms with van der Waals surface area (Å²) in [5, 5.41) is 52.0. The Morgan fingerprint density at radius 3 is 1.95 bits per heavy atom. The number of ether oxygens (including phenoxy) is 3. The van der Waals surface area contributed by atoms with Gasteiger partial charge in [-0.15, -0.1) is 0 Å². The predicted molar refractivity (Wildman–Crippen MR) is 143 cm³/mol. The Balaban J connectivity index is 1.36. The van der Waals surface area contributed by atoms with Crippen LogP contribution in [0.5, 0.6) is 11.9 Å². The van der Waals surface area contributed by atoms with Crippen molar-refractivity contribution >= 4 is 22.5 Å². The van der Waals surface area contributed by atoms with Crippen LogP contribution >= 0.6 is 0 Å². The van der Waals surface area contributed by atoms with Crippen molar-refractivity contribution in [1.29, 1.82) is 0 Å². The highest BCUT2D eigenvalue weighted by Crippen LogP contribution is 2.33. The van der Waals surface area contributed by atoms with Gasteiger partial charge >= 0.3 is 6.01 Å². The molecule has 42 heavy (non-hydrogen) atoms. The number of hydrogen-bond donors (Lipinski definition) is 3. The van der Waals surface area contributed by atoms with Crippen LogP contribution in [0.15, 0.2) is 54.9 Å². The number of non-ortho nitro benzene ring substituents is 2. The van der Waals surface area contributed by atoms with Crippen LogP contribution < -0.4 is 9.47 Å². The van der Waals surface area contributed by atoms with Gasteiger partial charge < -0.3 is 29.5 Å². The zero-order chi connectivity index (χ0) is 29.8. The summed E-state index contributed by atoms with van der Waals surface area (Å²) in [7, 11) is 0. The van der Waals surface area contributed by atoms with Crippen molar-refractivity contribution in [2.24, 2.45) is 0 Å². The molecule has 5 rings (SSSR count). The van der Waals surface area contributed by atoms with Crippen LogP contribution in [-0.2, 0) is 17.6 Å². The zero-order valence-corrected chi connectivity index (χ0v) is 21.9. The summed E-state index contributed by atoms with van der Waals surface area (Å²) in [5.41, 5.74) is 1.93. The number of benzene rings is 2. The van der Waals surface area contributed by atoms with Crippen LogP contribution in [0.25, 0.3) is 11.2 Å². The van der Waals surface area contributed by atoms with Crippen LogP contribution in [0.2, 0.25) is 0 Å². The summed E-state index contributed by atoms with van der Waals surface area (Å²) in [6.45, 7) is -0.259. The maximum Gasteiger partial charge on any atom is 0.321 e. The van der Waals surface area contributed by atoms with Crippen LogP contribution in [0, 0.1) is 20.2 Å². The summed E-state index contributed by atoms with van der Waals surface area (Å²) in [6.07, 6.45) is -2.72. The standard InChI is InChI=1S/C26H26N6O10/c33-13-19-21(34)22(35)25(42-19)30-14-27-20-23(30)28-26(41-12-10-16-3-7-18(8-4-16)32(38)39)29-24(20)40-11-9-15-1-5-17(6-2-15)31(36)37/h1-8,14,19,21-22,25,33-35H,9-13H2/t19-,21+,22?,25-/m1/s1. The van der Waals surface area contributed by atoms with E-state index < -0.39 is 41.0 Å². The van der Waals surface area contributed by atoms with Gasteiger partial charge in [0.1, 0.15) is 18.3 Å². The normalized spacial score (nSPS) is 20.1. The molecule has 2 aromatic heterocycles.